The number of hydrogen-bond donors (Lipinski definition) is 1. The van der Waals surface area contributed by atoms with Crippen LogP contribution in [0.1, 0.15) is 22.3 Å². The number of nitrogens with one attached hydrogen (secondary N) is 1. The van der Waals surface area contributed by atoms with Crippen LogP contribution in [0.25, 0.3) is 5.57 Å². The highest BCUT2D eigenvalue weighted by atomic mass is 14.8. The molecule has 108 valence electrons. The lowest BCUT2D eigenvalue weighted by Gasteiger charge is -2.08. The van der Waals surface area contributed by atoms with Crippen LogP contribution < -0.4 is 5.32 Å². The first kappa shape index (κ1) is 15.1. The highest BCUT2D eigenvalue weighted by Crippen LogP contribution is 2.21. The van der Waals surface area contributed by atoms with Gasteiger partial charge in [0.25, 0.3) is 0 Å². The van der Waals surface area contributed by atoms with E-state index in [1.54, 1.807) is 0 Å². The van der Waals surface area contributed by atoms with Crippen molar-refractivity contribution in [3.05, 3.63) is 89.1 Å². The molecule has 0 aliphatic heterocycles. The Morgan fingerprint density at radius 2 is 1.62 bits per heavy atom. The second-order valence-corrected chi connectivity index (χ2v) is 5.23. The fourth-order valence-corrected chi connectivity index (χ4v) is 2.40. The first-order valence-electron chi connectivity index (χ1n) is 7.37. The average molecular weight is 277 g/mol. The zero-order valence-corrected chi connectivity index (χ0v) is 13.1. The molecule has 2 aromatic rings. The van der Waals surface area contributed by atoms with Crippen LogP contribution in [0.15, 0.2) is 66.9 Å². The van der Waals surface area contributed by atoms with Crippen LogP contribution in [0.3, 0.4) is 0 Å². The molecule has 0 atom stereocenters. The summed E-state index contributed by atoms with van der Waals surface area (Å²) in [5, 5.41) is 3.08. The maximum Gasteiger partial charge on any atom is 0.00277 e. The zero-order chi connectivity index (χ0) is 15.1. The molecule has 1 nitrogen and oxygen atoms in total. The smallest absolute Gasteiger partial charge is 0.00277 e. The summed E-state index contributed by atoms with van der Waals surface area (Å²) in [6, 6.07) is 17.1. The van der Waals surface area contributed by atoms with Crippen LogP contribution in [0, 0.1) is 13.8 Å². The van der Waals surface area contributed by atoms with E-state index in [-0.39, 0.29) is 0 Å². The SMILES string of the molecule is CN/C=C\C(=C/Cc1ccccc1C)c1ccccc1C. The summed E-state index contributed by atoms with van der Waals surface area (Å²) in [4.78, 5) is 0. The molecule has 0 radical (unpaired) electrons. The number of rotatable bonds is 5. The lowest BCUT2D eigenvalue weighted by molar-refractivity contribution is 1.10. The van der Waals surface area contributed by atoms with Crippen LogP contribution in [-0.4, -0.2) is 7.05 Å². The van der Waals surface area contributed by atoms with E-state index in [2.05, 4.69) is 79.8 Å². The number of benzene rings is 2. The molecule has 0 saturated carbocycles. The van der Waals surface area contributed by atoms with Crippen LogP contribution in [0.2, 0.25) is 0 Å². The molecule has 0 spiro atoms. The third kappa shape index (κ3) is 4.09. The van der Waals surface area contributed by atoms with Crippen LogP contribution in [-0.2, 0) is 6.42 Å². The monoisotopic (exact) mass is 277 g/mol. The molecule has 0 bridgehead atoms. The minimum absolute atomic E-state index is 0.949. The zero-order valence-electron chi connectivity index (χ0n) is 13.1. The molecule has 2 rings (SSSR count). The molecule has 21 heavy (non-hydrogen) atoms. The van der Waals surface area contributed by atoms with E-state index in [1.807, 2.05) is 13.2 Å². The van der Waals surface area contributed by atoms with Crippen molar-refractivity contribution in [2.45, 2.75) is 20.3 Å². The minimum atomic E-state index is 0.949. The van der Waals surface area contributed by atoms with Gasteiger partial charge in [-0.25, -0.2) is 0 Å². The molecular weight excluding hydrogens is 254 g/mol. The predicted molar refractivity (Wildman–Crippen MR) is 92.2 cm³/mol. The highest BCUT2D eigenvalue weighted by molar-refractivity contribution is 5.76. The average Bonchev–Trinajstić information content (AvgIpc) is 2.50. The minimum Gasteiger partial charge on any atom is -0.394 e. The Morgan fingerprint density at radius 3 is 2.29 bits per heavy atom. The normalized spacial score (nSPS) is 11.9. The van der Waals surface area contributed by atoms with Crippen LogP contribution >= 0.6 is 0 Å². The fourth-order valence-electron chi connectivity index (χ4n) is 2.40. The van der Waals surface area contributed by atoms with Gasteiger partial charge in [-0.05, 0) is 60.4 Å². The summed E-state index contributed by atoms with van der Waals surface area (Å²) in [6.07, 6.45) is 7.37. The van der Waals surface area contributed by atoms with Gasteiger partial charge < -0.3 is 5.32 Å². The standard InChI is InChI=1S/C20H23N/c1-16-8-4-6-10-18(16)12-13-19(14-15-21-3)20-11-7-5-9-17(20)2/h4-11,13-15,21H,12H2,1-3H3/b15-14-,19-13+. The molecule has 2 aromatic carbocycles. The summed E-state index contributed by atoms with van der Waals surface area (Å²) in [5.41, 5.74) is 6.56. The topological polar surface area (TPSA) is 12.0 Å². The highest BCUT2D eigenvalue weighted by Gasteiger charge is 2.02. The number of aryl methyl sites for hydroxylation is 2. The van der Waals surface area contributed by atoms with Gasteiger partial charge in [0, 0.05) is 7.05 Å². The quantitative estimate of drug-likeness (QED) is 0.784. The molecule has 0 aliphatic rings. The van der Waals surface area contributed by atoms with Crippen molar-refractivity contribution in [1.82, 2.24) is 5.32 Å². The van der Waals surface area contributed by atoms with Crippen molar-refractivity contribution in [2.75, 3.05) is 7.05 Å². The molecule has 1 heteroatoms. The summed E-state index contributed by atoms with van der Waals surface area (Å²) >= 11 is 0. The molecule has 0 fully saturated rings. The second kappa shape index (κ2) is 7.49. The Hall–Kier alpha value is -2.28. The fraction of sp³-hybridized carbons (Fsp3) is 0.200. The summed E-state index contributed by atoms with van der Waals surface area (Å²) in [6.45, 7) is 4.32. The lowest BCUT2D eigenvalue weighted by Crippen LogP contribution is -1.94. The molecule has 0 amide bonds. The Kier molecular flexibility index (Phi) is 5.39. The maximum absolute atomic E-state index is 3.08. The van der Waals surface area contributed by atoms with Gasteiger partial charge in [0.2, 0.25) is 0 Å². The van der Waals surface area contributed by atoms with Gasteiger partial charge >= 0.3 is 0 Å². The summed E-state index contributed by atoms with van der Waals surface area (Å²) in [7, 11) is 1.92. The van der Waals surface area contributed by atoms with Crippen LogP contribution in [0.5, 0.6) is 0 Å². The van der Waals surface area contributed by atoms with Crippen molar-refractivity contribution < 1.29 is 0 Å². The van der Waals surface area contributed by atoms with Crippen molar-refractivity contribution in [3.8, 4) is 0 Å². The lowest BCUT2D eigenvalue weighted by atomic mass is 9.97. The van der Waals surface area contributed by atoms with Gasteiger partial charge in [0.05, 0.1) is 0 Å². The molecule has 0 unspecified atom stereocenters. The Balaban J connectivity index is 2.33. The second-order valence-electron chi connectivity index (χ2n) is 5.23. The van der Waals surface area contributed by atoms with Crippen LogP contribution in [0.4, 0.5) is 0 Å². The van der Waals surface area contributed by atoms with Gasteiger partial charge in [-0.15, -0.1) is 0 Å². The van der Waals surface area contributed by atoms with E-state index in [0.29, 0.717) is 0 Å². The Labute approximate surface area is 128 Å². The van der Waals surface area contributed by atoms with Gasteiger partial charge in [0.1, 0.15) is 0 Å². The summed E-state index contributed by atoms with van der Waals surface area (Å²) < 4.78 is 0. The Bertz CT molecular complexity index is 650. The van der Waals surface area contributed by atoms with Gasteiger partial charge in [-0.2, -0.15) is 0 Å². The first-order chi connectivity index (χ1) is 10.2. The van der Waals surface area contributed by atoms with E-state index in [0.717, 1.165) is 6.42 Å². The third-order valence-electron chi connectivity index (χ3n) is 3.69. The molecule has 0 heterocycles. The van der Waals surface area contributed by atoms with E-state index in [1.165, 1.54) is 27.8 Å². The molecular formula is C20H23N. The van der Waals surface area contributed by atoms with E-state index in [4.69, 9.17) is 0 Å². The van der Waals surface area contributed by atoms with Crippen molar-refractivity contribution in [2.24, 2.45) is 0 Å². The predicted octanol–water partition coefficient (Wildman–Crippen LogP) is 4.66. The third-order valence-corrected chi connectivity index (χ3v) is 3.69. The van der Waals surface area contributed by atoms with E-state index < -0.39 is 0 Å². The molecule has 1 N–H and O–H groups in total. The summed E-state index contributed by atoms with van der Waals surface area (Å²) in [5.74, 6) is 0. The largest absolute Gasteiger partial charge is 0.394 e. The molecule has 0 aromatic heterocycles. The Morgan fingerprint density at radius 1 is 0.952 bits per heavy atom. The maximum atomic E-state index is 3.08. The van der Waals surface area contributed by atoms with E-state index >= 15 is 0 Å². The molecule has 0 saturated heterocycles. The van der Waals surface area contributed by atoms with Gasteiger partial charge in [0.15, 0.2) is 0 Å². The number of allylic oxidation sites excluding steroid dienone is 3. The van der Waals surface area contributed by atoms with Crippen molar-refractivity contribution in [1.29, 1.82) is 0 Å². The van der Waals surface area contributed by atoms with E-state index in [9.17, 15) is 0 Å². The number of hydrogen-bond acceptors (Lipinski definition) is 1. The molecule has 0 aliphatic carbocycles. The van der Waals surface area contributed by atoms with Gasteiger partial charge in [-0.3, -0.25) is 0 Å². The first-order valence-corrected chi connectivity index (χ1v) is 7.37. The van der Waals surface area contributed by atoms with Gasteiger partial charge in [-0.1, -0.05) is 54.6 Å². The van der Waals surface area contributed by atoms with Crippen molar-refractivity contribution in [3.63, 3.8) is 0 Å². The van der Waals surface area contributed by atoms with Crippen molar-refractivity contribution >= 4 is 5.57 Å².